The molecule has 3 nitrogen and oxygen atoms in total. The fourth-order valence-corrected chi connectivity index (χ4v) is 4.19. The molecule has 0 aliphatic carbocycles. The van der Waals surface area contributed by atoms with Crippen molar-refractivity contribution in [3.63, 3.8) is 0 Å². The predicted molar refractivity (Wildman–Crippen MR) is 138 cm³/mol. The van der Waals surface area contributed by atoms with Gasteiger partial charge in [-0.25, -0.2) is 0 Å². The summed E-state index contributed by atoms with van der Waals surface area (Å²) in [5.41, 5.74) is 5.12. The van der Waals surface area contributed by atoms with Gasteiger partial charge < -0.3 is 0 Å². The van der Waals surface area contributed by atoms with Crippen molar-refractivity contribution in [3.05, 3.63) is 73.8 Å². The monoisotopic (exact) mass is 486 g/mol. The van der Waals surface area contributed by atoms with E-state index >= 15 is 0 Å². The summed E-state index contributed by atoms with van der Waals surface area (Å²) in [5, 5.41) is 1.03. The third-order valence-corrected chi connectivity index (χ3v) is 6.74. The summed E-state index contributed by atoms with van der Waals surface area (Å²) in [6.45, 7) is 9.20. The van der Waals surface area contributed by atoms with Crippen LogP contribution in [0.3, 0.4) is 0 Å². The Labute approximate surface area is 207 Å². The standard InChI is InChI=1S/C28H32Cl2O3/c1-6-21(31)11-9-10-12-22(19-13-23(27(32)7-2)17(4)25(29)15-19)20-14-24(28(33)8-3)18(5)26(30)16-20/h12-16H,6-11H2,1-5H3. The average Bonchev–Trinajstić information content (AvgIpc) is 2.81. The quantitative estimate of drug-likeness (QED) is 0.236. The number of carbonyl (C=O) groups is 3. The lowest BCUT2D eigenvalue weighted by Gasteiger charge is -2.16. The number of rotatable bonds is 11. The first-order valence-corrected chi connectivity index (χ1v) is 12.3. The van der Waals surface area contributed by atoms with Crippen LogP contribution in [0.2, 0.25) is 10.0 Å². The van der Waals surface area contributed by atoms with Crippen molar-refractivity contribution in [1.82, 2.24) is 0 Å². The van der Waals surface area contributed by atoms with E-state index in [4.69, 9.17) is 23.2 Å². The van der Waals surface area contributed by atoms with Gasteiger partial charge in [0.2, 0.25) is 0 Å². The normalized spacial score (nSPS) is 10.8. The minimum Gasteiger partial charge on any atom is -0.300 e. The number of allylic oxidation sites excluding steroid dienone is 1. The molecule has 0 spiro atoms. The van der Waals surface area contributed by atoms with Gasteiger partial charge in [0.05, 0.1) is 0 Å². The number of carbonyl (C=O) groups excluding carboxylic acids is 3. The van der Waals surface area contributed by atoms with E-state index in [1.807, 2.05) is 65.0 Å². The second-order valence-corrected chi connectivity index (χ2v) is 9.03. The summed E-state index contributed by atoms with van der Waals surface area (Å²) in [4.78, 5) is 36.9. The lowest BCUT2D eigenvalue weighted by molar-refractivity contribution is -0.118. The molecule has 0 aliphatic rings. The van der Waals surface area contributed by atoms with Crippen LogP contribution in [-0.4, -0.2) is 17.3 Å². The molecule has 0 N–H and O–H groups in total. The third kappa shape index (κ3) is 6.65. The smallest absolute Gasteiger partial charge is 0.162 e. The zero-order valence-corrected chi connectivity index (χ0v) is 21.6. The van der Waals surface area contributed by atoms with E-state index in [-0.39, 0.29) is 17.3 Å². The van der Waals surface area contributed by atoms with Gasteiger partial charge in [0.25, 0.3) is 0 Å². The first-order chi connectivity index (χ1) is 15.6. The second kappa shape index (κ2) is 12.3. The number of hydrogen-bond donors (Lipinski definition) is 0. The van der Waals surface area contributed by atoms with Crippen LogP contribution >= 0.6 is 23.2 Å². The Morgan fingerprint density at radius 1 is 0.758 bits per heavy atom. The topological polar surface area (TPSA) is 51.2 Å². The van der Waals surface area contributed by atoms with Crippen LogP contribution < -0.4 is 0 Å². The highest BCUT2D eigenvalue weighted by molar-refractivity contribution is 6.32. The van der Waals surface area contributed by atoms with Gasteiger partial charge in [-0.1, -0.05) is 50.0 Å². The average molecular weight is 487 g/mol. The molecule has 5 heteroatoms. The van der Waals surface area contributed by atoms with E-state index in [2.05, 4.69) is 0 Å². The van der Waals surface area contributed by atoms with Crippen molar-refractivity contribution in [2.24, 2.45) is 0 Å². The molecule has 0 unspecified atom stereocenters. The Morgan fingerprint density at radius 3 is 1.61 bits per heavy atom. The van der Waals surface area contributed by atoms with Crippen LogP contribution in [0.5, 0.6) is 0 Å². The zero-order chi connectivity index (χ0) is 24.7. The van der Waals surface area contributed by atoms with Gasteiger partial charge in [-0.2, -0.15) is 0 Å². The van der Waals surface area contributed by atoms with Crippen LogP contribution in [0, 0.1) is 13.8 Å². The number of ketones is 3. The number of benzene rings is 2. The van der Waals surface area contributed by atoms with Crippen molar-refractivity contribution in [1.29, 1.82) is 0 Å². The largest absolute Gasteiger partial charge is 0.300 e. The molecule has 176 valence electrons. The van der Waals surface area contributed by atoms with E-state index in [9.17, 15) is 14.4 Å². The van der Waals surface area contributed by atoms with Crippen molar-refractivity contribution >= 4 is 46.1 Å². The van der Waals surface area contributed by atoms with Gasteiger partial charge in [-0.3, -0.25) is 14.4 Å². The van der Waals surface area contributed by atoms with Crippen LogP contribution in [-0.2, 0) is 4.79 Å². The summed E-state index contributed by atoms with van der Waals surface area (Å²) in [6.07, 6.45) is 5.24. The Hall–Kier alpha value is -2.23. The van der Waals surface area contributed by atoms with Crippen LogP contribution in [0.1, 0.15) is 102 Å². The molecule has 2 rings (SSSR count). The first kappa shape index (κ1) is 27.0. The summed E-state index contributed by atoms with van der Waals surface area (Å²) in [5.74, 6) is 0.272. The number of Topliss-reactive ketones (excluding diaryl/α,β-unsaturated/α-hetero) is 3. The van der Waals surface area contributed by atoms with Crippen molar-refractivity contribution in [2.45, 2.75) is 73.1 Å². The van der Waals surface area contributed by atoms with Gasteiger partial charge >= 0.3 is 0 Å². The Balaban J connectivity index is 2.67. The van der Waals surface area contributed by atoms with Crippen molar-refractivity contribution < 1.29 is 14.4 Å². The minimum atomic E-state index is 0.0212. The molecular weight excluding hydrogens is 455 g/mol. The molecule has 33 heavy (non-hydrogen) atoms. The maximum atomic E-state index is 12.6. The SMILES string of the molecule is CCC(=O)CCCC=C(c1cc(Cl)c(C)c(C(=O)CC)c1)c1cc(Cl)c(C)c(C(=O)CC)c1. The zero-order valence-electron chi connectivity index (χ0n) is 20.1. The molecule has 0 heterocycles. The van der Waals surface area contributed by atoms with Crippen LogP contribution in [0.25, 0.3) is 5.57 Å². The van der Waals surface area contributed by atoms with E-state index < -0.39 is 0 Å². The number of hydrogen-bond acceptors (Lipinski definition) is 3. The maximum Gasteiger partial charge on any atom is 0.162 e. The van der Waals surface area contributed by atoms with Gasteiger partial charge in [0.15, 0.2) is 11.6 Å². The molecule has 0 bridgehead atoms. The summed E-state index contributed by atoms with van der Waals surface area (Å²) in [6, 6.07) is 7.43. The molecule has 0 saturated carbocycles. The van der Waals surface area contributed by atoms with Crippen molar-refractivity contribution in [2.75, 3.05) is 0 Å². The predicted octanol–water partition coefficient (Wildman–Crippen LogP) is 8.38. The molecule has 0 radical (unpaired) electrons. The molecule has 0 fully saturated rings. The molecule has 0 atom stereocenters. The molecule has 2 aromatic carbocycles. The fourth-order valence-electron chi connectivity index (χ4n) is 3.75. The van der Waals surface area contributed by atoms with Gasteiger partial charge in [-0.15, -0.1) is 0 Å². The molecule has 0 saturated heterocycles. The van der Waals surface area contributed by atoms with E-state index in [0.717, 1.165) is 34.2 Å². The van der Waals surface area contributed by atoms with Crippen LogP contribution in [0.4, 0.5) is 0 Å². The molecule has 2 aromatic rings. The molecule has 0 aromatic heterocycles. The highest BCUT2D eigenvalue weighted by Crippen LogP contribution is 2.34. The van der Waals surface area contributed by atoms with E-state index in [0.29, 0.717) is 53.3 Å². The highest BCUT2D eigenvalue weighted by Gasteiger charge is 2.18. The molecule has 0 amide bonds. The van der Waals surface area contributed by atoms with Gasteiger partial charge in [0.1, 0.15) is 5.78 Å². The second-order valence-electron chi connectivity index (χ2n) is 8.22. The highest BCUT2D eigenvalue weighted by atomic mass is 35.5. The lowest BCUT2D eigenvalue weighted by atomic mass is 9.89. The Bertz CT molecular complexity index is 1020. The lowest BCUT2D eigenvalue weighted by Crippen LogP contribution is -2.04. The first-order valence-electron chi connectivity index (χ1n) is 11.5. The van der Waals surface area contributed by atoms with Crippen LogP contribution in [0.15, 0.2) is 30.3 Å². The van der Waals surface area contributed by atoms with E-state index in [1.54, 1.807) is 0 Å². The Kier molecular flexibility index (Phi) is 10.1. The minimum absolute atomic E-state index is 0.0212. The summed E-state index contributed by atoms with van der Waals surface area (Å²) < 4.78 is 0. The van der Waals surface area contributed by atoms with E-state index in [1.165, 1.54) is 0 Å². The summed E-state index contributed by atoms with van der Waals surface area (Å²) >= 11 is 13.1. The molecule has 0 aliphatic heterocycles. The number of unbranched alkanes of at least 4 members (excludes halogenated alkanes) is 1. The summed E-state index contributed by atoms with van der Waals surface area (Å²) in [7, 11) is 0. The number of halogens is 2. The third-order valence-electron chi connectivity index (χ3n) is 5.96. The Morgan fingerprint density at radius 2 is 1.21 bits per heavy atom. The maximum absolute atomic E-state index is 12.6. The van der Waals surface area contributed by atoms with Gasteiger partial charge in [0, 0.05) is 46.9 Å². The van der Waals surface area contributed by atoms with Gasteiger partial charge in [-0.05, 0) is 78.8 Å². The van der Waals surface area contributed by atoms with Crippen molar-refractivity contribution in [3.8, 4) is 0 Å². The fraction of sp³-hybridized carbons (Fsp3) is 0.393. The molecular formula is C28H32Cl2O3.